The van der Waals surface area contributed by atoms with E-state index in [-0.39, 0.29) is 22.8 Å². The number of amides is 1. The summed E-state index contributed by atoms with van der Waals surface area (Å²) in [5.41, 5.74) is 0.600. The number of amidine groups is 1. The molecule has 9 heteroatoms. The standard InChI is InChI=1S/C19H25N3O5S/c1-12(2)20-18(23)13(3)27-19(24)14-8-10-22(11-9-14)17-15-6-4-5-7-16(15)28(25,26)21-17/h4-7,12-14H,8-11H2,1-3H3,(H,20,23)/t13-/m1/s1. The smallest absolute Gasteiger partial charge is 0.309 e. The average molecular weight is 407 g/mol. The van der Waals surface area contributed by atoms with Crippen molar-refractivity contribution in [1.29, 1.82) is 0 Å². The number of carbonyl (C=O) groups is 2. The van der Waals surface area contributed by atoms with Crippen LogP contribution in [0.25, 0.3) is 0 Å². The van der Waals surface area contributed by atoms with Crippen LogP contribution in [0.3, 0.4) is 0 Å². The molecule has 2 aliphatic rings. The third-order valence-electron chi connectivity index (χ3n) is 4.83. The van der Waals surface area contributed by atoms with Gasteiger partial charge in [0.15, 0.2) is 11.9 Å². The van der Waals surface area contributed by atoms with Gasteiger partial charge in [0.2, 0.25) is 0 Å². The van der Waals surface area contributed by atoms with E-state index in [9.17, 15) is 18.0 Å². The maximum atomic E-state index is 12.4. The molecule has 1 fully saturated rings. The lowest BCUT2D eigenvalue weighted by atomic mass is 9.96. The molecule has 1 N–H and O–H groups in total. The molecule has 0 radical (unpaired) electrons. The number of nitrogens with one attached hydrogen (secondary N) is 1. The Morgan fingerprint density at radius 2 is 1.82 bits per heavy atom. The Hall–Kier alpha value is -2.42. The molecule has 1 atom stereocenters. The number of sulfonamides is 1. The molecule has 0 aromatic heterocycles. The minimum atomic E-state index is -3.66. The monoisotopic (exact) mass is 407 g/mol. The van der Waals surface area contributed by atoms with Gasteiger partial charge in [0.05, 0.1) is 5.92 Å². The minimum absolute atomic E-state index is 0.0248. The molecule has 0 bridgehead atoms. The predicted molar refractivity (Wildman–Crippen MR) is 103 cm³/mol. The number of carbonyl (C=O) groups excluding carboxylic acids is 2. The first-order valence-corrected chi connectivity index (χ1v) is 10.8. The highest BCUT2D eigenvalue weighted by Crippen LogP contribution is 2.30. The number of rotatable bonds is 4. The van der Waals surface area contributed by atoms with Crippen molar-refractivity contribution in [3.8, 4) is 0 Å². The van der Waals surface area contributed by atoms with Crippen molar-refractivity contribution in [3.63, 3.8) is 0 Å². The van der Waals surface area contributed by atoms with Crippen molar-refractivity contribution in [3.05, 3.63) is 29.8 Å². The van der Waals surface area contributed by atoms with Crippen molar-refractivity contribution in [2.75, 3.05) is 13.1 Å². The average Bonchev–Trinajstić information content (AvgIpc) is 2.93. The summed E-state index contributed by atoms with van der Waals surface area (Å²) < 4.78 is 33.7. The first-order chi connectivity index (χ1) is 13.2. The highest BCUT2D eigenvalue weighted by atomic mass is 32.2. The van der Waals surface area contributed by atoms with E-state index in [4.69, 9.17) is 4.74 Å². The second-order valence-corrected chi connectivity index (χ2v) is 8.96. The number of piperidine rings is 1. The Kier molecular flexibility index (Phi) is 5.74. The van der Waals surface area contributed by atoms with E-state index in [1.807, 2.05) is 18.7 Å². The van der Waals surface area contributed by atoms with Crippen molar-refractivity contribution in [2.45, 2.75) is 50.7 Å². The van der Waals surface area contributed by atoms with Gasteiger partial charge in [-0.2, -0.15) is 8.42 Å². The fraction of sp³-hybridized carbons (Fsp3) is 0.526. The van der Waals surface area contributed by atoms with Crippen LogP contribution in [0.1, 0.15) is 39.2 Å². The zero-order chi connectivity index (χ0) is 20.5. The van der Waals surface area contributed by atoms with Gasteiger partial charge in [-0.05, 0) is 45.7 Å². The molecule has 1 aromatic rings. The molecule has 2 heterocycles. The van der Waals surface area contributed by atoms with E-state index in [0.717, 1.165) is 0 Å². The Labute approximate surface area is 165 Å². The van der Waals surface area contributed by atoms with Crippen molar-refractivity contribution < 1.29 is 22.7 Å². The molecule has 0 saturated carbocycles. The third-order valence-corrected chi connectivity index (χ3v) is 6.16. The molecule has 1 saturated heterocycles. The van der Waals surface area contributed by atoms with E-state index in [2.05, 4.69) is 9.71 Å². The van der Waals surface area contributed by atoms with E-state index < -0.39 is 22.1 Å². The number of hydrogen-bond acceptors (Lipinski definition) is 6. The van der Waals surface area contributed by atoms with Gasteiger partial charge in [-0.1, -0.05) is 12.1 Å². The molecule has 3 rings (SSSR count). The van der Waals surface area contributed by atoms with Crippen LogP contribution in [-0.2, 0) is 24.3 Å². The highest BCUT2D eigenvalue weighted by molar-refractivity contribution is 7.90. The molecule has 0 unspecified atom stereocenters. The Bertz CT molecular complexity index is 902. The lowest BCUT2D eigenvalue weighted by Crippen LogP contribution is -2.43. The van der Waals surface area contributed by atoms with Gasteiger partial charge < -0.3 is 15.0 Å². The molecular formula is C19H25N3O5S. The molecule has 8 nitrogen and oxygen atoms in total. The van der Waals surface area contributed by atoms with Crippen molar-refractivity contribution >= 4 is 27.7 Å². The summed E-state index contributed by atoms with van der Waals surface area (Å²) in [4.78, 5) is 26.4. The first kappa shape index (κ1) is 20.3. The van der Waals surface area contributed by atoms with Crippen LogP contribution in [0.4, 0.5) is 0 Å². The van der Waals surface area contributed by atoms with Crippen molar-refractivity contribution in [2.24, 2.45) is 10.3 Å². The van der Waals surface area contributed by atoms with Crippen LogP contribution in [-0.4, -0.2) is 56.3 Å². The maximum Gasteiger partial charge on any atom is 0.309 e. The van der Waals surface area contributed by atoms with E-state index in [1.165, 1.54) is 0 Å². The van der Waals surface area contributed by atoms with E-state index >= 15 is 0 Å². The van der Waals surface area contributed by atoms with E-state index in [0.29, 0.717) is 37.3 Å². The van der Waals surface area contributed by atoms with Gasteiger partial charge in [0.25, 0.3) is 15.9 Å². The summed E-state index contributed by atoms with van der Waals surface area (Å²) in [6, 6.07) is 6.72. The summed E-state index contributed by atoms with van der Waals surface area (Å²) in [5, 5.41) is 2.72. The van der Waals surface area contributed by atoms with Crippen LogP contribution in [0.2, 0.25) is 0 Å². The molecule has 152 valence electrons. The Morgan fingerprint density at radius 3 is 2.46 bits per heavy atom. The highest BCUT2D eigenvalue weighted by Gasteiger charge is 2.35. The first-order valence-electron chi connectivity index (χ1n) is 9.39. The number of likely N-dealkylation sites (tertiary alicyclic amines) is 1. The topological polar surface area (TPSA) is 105 Å². The number of ether oxygens (including phenoxy) is 1. The van der Waals surface area contributed by atoms with Crippen LogP contribution in [0.15, 0.2) is 33.6 Å². The summed E-state index contributed by atoms with van der Waals surface area (Å²) in [6.45, 7) is 6.22. The molecular weight excluding hydrogens is 382 g/mol. The van der Waals surface area contributed by atoms with Crippen LogP contribution in [0.5, 0.6) is 0 Å². The SMILES string of the molecule is CC(C)NC(=O)[C@@H](C)OC(=O)C1CCN(C2=NS(=O)(=O)c3ccccc32)CC1. The van der Waals surface area contributed by atoms with Gasteiger partial charge in [0, 0.05) is 24.7 Å². The Balaban J connectivity index is 1.60. The number of nitrogens with zero attached hydrogens (tertiary/aromatic N) is 2. The van der Waals surface area contributed by atoms with Gasteiger partial charge in [-0.25, -0.2) is 0 Å². The van der Waals surface area contributed by atoms with Crippen LogP contribution < -0.4 is 5.32 Å². The second-order valence-electron chi connectivity index (χ2n) is 7.39. The fourth-order valence-electron chi connectivity index (χ4n) is 3.37. The molecule has 28 heavy (non-hydrogen) atoms. The normalized spacial score (nSPS) is 19.7. The summed E-state index contributed by atoms with van der Waals surface area (Å²) in [6.07, 6.45) is 0.182. The number of fused-ring (bicyclic) bond motifs is 1. The Morgan fingerprint density at radius 1 is 1.18 bits per heavy atom. The fourth-order valence-corrected chi connectivity index (χ4v) is 4.60. The lowest BCUT2D eigenvalue weighted by Gasteiger charge is -2.32. The van der Waals surface area contributed by atoms with Gasteiger partial charge >= 0.3 is 5.97 Å². The second kappa shape index (κ2) is 7.90. The maximum absolute atomic E-state index is 12.4. The van der Waals surface area contributed by atoms with Gasteiger partial charge in [-0.15, -0.1) is 4.40 Å². The number of hydrogen-bond donors (Lipinski definition) is 1. The molecule has 0 aliphatic carbocycles. The summed E-state index contributed by atoms with van der Waals surface area (Å²) in [5.74, 6) is -0.596. The number of benzene rings is 1. The van der Waals surface area contributed by atoms with Crippen LogP contribution >= 0.6 is 0 Å². The van der Waals surface area contributed by atoms with E-state index in [1.54, 1.807) is 31.2 Å². The predicted octanol–water partition coefficient (Wildman–Crippen LogP) is 1.30. The molecule has 2 aliphatic heterocycles. The quantitative estimate of drug-likeness (QED) is 0.755. The van der Waals surface area contributed by atoms with Crippen molar-refractivity contribution in [1.82, 2.24) is 10.2 Å². The molecule has 0 spiro atoms. The zero-order valence-electron chi connectivity index (χ0n) is 16.2. The minimum Gasteiger partial charge on any atom is -0.452 e. The van der Waals surface area contributed by atoms with Crippen LogP contribution in [0, 0.1) is 5.92 Å². The molecule has 1 aromatic carbocycles. The third kappa shape index (κ3) is 4.19. The van der Waals surface area contributed by atoms with Gasteiger partial charge in [0.1, 0.15) is 4.90 Å². The summed E-state index contributed by atoms with van der Waals surface area (Å²) in [7, 11) is -3.66. The zero-order valence-corrected chi connectivity index (χ0v) is 17.0. The largest absolute Gasteiger partial charge is 0.452 e. The lowest BCUT2D eigenvalue weighted by molar-refractivity contribution is -0.160. The van der Waals surface area contributed by atoms with Gasteiger partial charge in [-0.3, -0.25) is 9.59 Å². The molecule has 1 amide bonds. The number of esters is 1. The summed E-state index contributed by atoms with van der Waals surface area (Å²) >= 11 is 0.